The van der Waals surface area contributed by atoms with E-state index in [0.717, 1.165) is 51.0 Å². The van der Waals surface area contributed by atoms with E-state index in [-0.39, 0.29) is 11.5 Å². The van der Waals surface area contributed by atoms with Gasteiger partial charge in [-0.15, -0.1) is 0 Å². The van der Waals surface area contributed by atoms with Crippen LogP contribution in [0.2, 0.25) is 0 Å². The first-order chi connectivity index (χ1) is 17.6. The SMILES string of the molecule is CCCCN1CCC(COc2cc3c(Nc4ccccc4)c(C(=O)CC4CC4)cnc3cc2F)CC1. The number of hydrogen-bond donors (Lipinski definition) is 1. The summed E-state index contributed by atoms with van der Waals surface area (Å²) in [6, 6.07) is 12.9. The Kier molecular flexibility index (Phi) is 7.81. The third-order valence-electron chi connectivity index (χ3n) is 7.45. The van der Waals surface area contributed by atoms with E-state index in [2.05, 4.69) is 22.1 Å². The molecule has 6 heteroatoms. The van der Waals surface area contributed by atoms with Crippen LogP contribution in [0.5, 0.6) is 5.75 Å². The molecule has 1 saturated carbocycles. The van der Waals surface area contributed by atoms with Gasteiger partial charge in [-0.3, -0.25) is 9.78 Å². The van der Waals surface area contributed by atoms with E-state index in [1.807, 2.05) is 30.3 Å². The number of nitrogens with one attached hydrogen (secondary N) is 1. The Hall–Kier alpha value is -2.99. The highest BCUT2D eigenvalue weighted by Gasteiger charge is 2.27. The van der Waals surface area contributed by atoms with E-state index in [4.69, 9.17) is 4.74 Å². The van der Waals surface area contributed by atoms with Crippen molar-refractivity contribution in [1.29, 1.82) is 0 Å². The summed E-state index contributed by atoms with van der Waals surface area (Å²) in [5.74, 6) is 0.772. The molecule has 0 radical (unpaired) electrons. The van der Waals surface area contributed by atoms with Crippen molar-refractivity contribution in [3.8, 4) is 5.75 Å². The second-order valence-electron chi connectivity index (χ2n) is 10.4. The minimum atomic E-state index is -0.418. The number of halogens is 1. The number of carbonyl (C=O) groups excluding carboxylic acids is 1. The van der Waals surface area contributed by atoms with Crippen LogP contribution in [0.4, 0.5) is 15.8 Å². The zero-order valence-electron chi connectivity index (χ0n) is 21.1. The van der Waals surface area contributed by atoms with Crippen LogP contribution in [0.15, 0.2) is 48.7 Å². The molecule has 0 atom stereocenters. The van der Waals surface area contributed by atoms with Gasteiger partial charge in [-0.25, -0.2) is 4.39 Å². The van der Waals surface area contributed by atoms with Crippen LogP contribution in [-0.4, -0.2) is 41.9 Å². The molecule has 0 bridgehead atoms. The minimum Gasteiger partial charge on any atom is -0.490 e. The molecule has 190 valence electrons. The van der Waals surface area contributed by atoms with E-state index in [1.54, 1.807) is 12.3 Å². The van der Waals surface area contributed by atoms with Gasteiger partial charge in [0.25, 0.3) is 0 Å². The van der Waals surface area contributed by atoms with E-state index < -0.39 is 5.82 Å². The largest absolute Gasteiger partial charge is 0.490 e. The van der Waals surface area contributed by atoms with E-state index in [1.165, 1.54) is 18.9 Å². The summed E-state index contributed by atoms with van der Waals surface area (Å²) in [7, 11) is 0. The van der Waals surface area contributed by atoms with Gasteiger partial charge in [-0.2, -0.15) is 0 Å². The second-order valence-corrected chi connectivity index (χ2v) is 10.4. The number of pyridine rings is 1. The molecule has 1 aliphatic heterocycles. The third kappa shape index (κ3) is 6.04. The number of Topliss-reactive ketones (excluding diaryl/α,β-unsaturated/α-hetero) is 1. The monoisotopic (exact) mass is 489 g/mol. The smallest absolute Gasteiger partial charge is 0.167 e. The Morgan fingerprint density at radius 2 is 1.89 bits per heavy atom. The Morgan fingerprint density at radius 1 is 1.11 bits per heavy atom. The molecule has 0 amide bonds. The number of aromatic nitrogens is 1. The number of anilines is 2. The molecule has 0 unspecified atom stereocenters. The van der Waals surface area contributed by atoms with Crippen molar-refractivity contribution in [3.63, 3.8) is 0 Å². The number of ether oxygens (including phenoxy) is 1. The van der Waals surface area contributed by atoms with Crippen molar-refractivity contribution >= 4 is 28.1 Å². The van der Waals surface area contributed by atoms with Crippen molar-refractivity contribution < 1.29 is 13.9 Å². The van der Waals surface area contributed by atoms with E-state index >= 15 is 4.39 Å². The molecule has 1 aliphatic carbocycles. The topological polar surface area (TPSA) is 54.5 Å². The number of benzene rings is 2. The van der Waals surface area contributed by atoms with Crippen LogP contribution in [0.25, 0.3) is 10.9 Å². The number of unbranched alkanes of at least 4 members (excludes halogenated alkanes) is 1. The van der Waals surface area contributed by atoms with E-state index in [0.29, 0.717) is 47.0 Å². The number of piperidine rings is 1. The lowest BCUT2D eigenvalue weighted by Crippen LogP contribution is -2.36. The van der Waals surface area contributed by atoms with Gasteiger partial charge >= 0.3 is 0 Å². The lowest BCUT2D eigenvalue weighted by molar-refractivity contribution is 0.0976. The van der Waals surface area contributed by atoms with Gasteiger partial charge < -0.3 is 15.0 Å². The Labute approximate surface area is 213 Å². The summed E-state index contributed by atoms with van der Waals surface area (Å²) in [6.45, 7) is 6.04. The molecule has 5 rings (SSSR count). The predicted molar refractivity (Wildman–Crippen MR) is 143 cm³/mol. The van der Waals surface area contributed by atoms with Crippen molar-refractivity contribution in [2.45, 2.75) is 51.9 Å². The summed E-state index contributed by atoms with van der Waals surface area (Å²) in [4.78, 5) is 20.1. The summed E-state index contributed by atoms with van der Waals surface area (Å²) in [6.07, 6.45) is 8.92. The number of para-hydroxylation sites is 1. The fraction of sp³-hybridized carbons (Fsp3) is 0.467. The number of fused-ring (bicyclic) bond motifs is 1. The summed E-state index contributed by atoms with van der Waals surface area (Å²) >= 11 is 0. The Balaban J connectivity index is 1.38. The average molecular weight is 490 g/mol. The van der Waals surface area contributed by atoms with Crippen LogP contribution < -0.4 is 10.1 Å². The molecule has 36 heavy (non-hydrogen) atoms. The van der Waals surface area contributed by atoms with Crippen LogP contribution in [0, 0.1) is 17.7 Å². The standard InChI is InChI=1S/C30H36FN3O2/c1-2-3-13-34-14-11-22(12-15-34)20-36-29-17-24-27(18-26(29)31)32-19-25(28(35)16-21-9-10-21)30(24)33-23-7-5-4-6-8-23/h4-8,17-19,21-22H,2-3,9-16,20H2,1H3,(H,32,33). The molecule has 0 spiro atoms. The first-order valence-electron chi connectivity index (χ1n) is 13.4. The minimum absolute atomic E-state index is 0.0759. The van der Waals surface area contributed by atoms with Crippen molar-refractivity contribution in [2.75, 3.05) is 31.6 Å². The third-order valence-corrected chi connectivity index (χ3v) is 7.45. The van der Waals surface area contributed by atoms with Gasteiger partial charge in [0.1, 0.15) is 0 Å². The number of hydrogen-bond acceptors (Lipinski definition) is 5. The first-order valence-corrected chi connectivity index (χ1v) is 13.4. The second kappa shape index (κ2) is 11.4. The number of rotatable bonds is 11. The number of carbonyl (C=O) groups is 1. The zero-order valence-corrected chi connectivity index (χ0v) is 21.1. The maximum atomic E-state index is 15.0. The summed E-state index contributed by atoms with van der Waals surface area (Å²) in [5, 5.41) is 4.12. The highest BCUT2D eigenvalue weighted by Crippen LogP contribution is 2.38. The summed E-state index contributed by atoms with van der Waals surface area (Å²) in [5.41, 5.74) is 2.60. The Morgan fingerprint density at radius 3 is 2.61 bits per heavy atom. The van der Waals surface area contributed by atoms with Gasteiger partial charge in [0, 0.05) is 29.8 Å². The maximum absolute atomic E-state index is 15.0. The molecule has 5 nitrogen and oxygen atoms in total. The average Bonchev–Trinajstić information content (AvgIpc) is 3.71. The van der Waals surface area contributed by atoms with Gasteiger partial charge in [0.2, 0.25) is 0 Å². The molecule has 2 aromatic carbocycles. The summed E-state index contributed by atoms with van der Waals surface area (Å²) < 4.78 is 21.1. The molecular formula is C30H36FN3O2. The van der Waals surface area contributed by atoms with Crippen LogP contribution >= 0.6 is 0 Å². The fourth-order valence-electron chi connectivity index (χ4n) is 4.98. The van der Waals surface area contributed by atoms with E-state index in [9.17, 15) is 4.79 Å². The molecule has 1 N–H and O–H groups in total. The van der Waals surface area contributed by atoms with Gasteiger partial charge in [-0.05, 0) is 81.8 Å². The van der Waals surface area contributed by atoms with Crippen LogP contribution in [0.1, 0.15) is 62.2 Å². The molecule has 1 saturated heterocycles. The number of ketones is 1. The molecule has 2 fully saturated rings. The van der Waals surface area contributed by atoms with Crippen molar-refractivity contribution in [3.05, 3.63) is 60.0 Å². The predicted octanol–water partition coefficient (Wildman–Crippen LogP) is 6.99. The first kappa shape index (κ1) is 24.7. The van der Waals surface area contributed by atoms with Crippen LogP contribution in [-0.2, 0) is 0 Å². The normalized spacial score (nSPS) is 16.8. The maximum Gasteiger partial charge on any atom is 0.167 e. The number of nitrogens with zero attached hydrogens (tertiary/aromatic N) is 2. The molecular weight excluding hydrogens is 453 g/mol. The van der Waals surface area contributed by atoms with Gasteiger partial charge in [0.15, 0.2) is 17.3 Å². The van der Waals surface area contributed by atoms with Gasteiger partial charge in [-0.1, -0.05) is 31.5 Å². The lowest BCUT2D eigenvalue weighted by Gasteiger charge is -2.31. The molecule has 1 aromatic heterocycles. The number of likely N-dealkylation sites (tertiary alicyclic amines) is 1. The molecule has 2 heterocycles. The highest BCUT2D eigenvalue weighted by molar-refractivity contribution is 6.09. The van der Waals surface area contributed by atoms with Crippen LogP contribution in [0.3, 0.4) is 0 Å². The fourth-order valence-corrected chi connectivity index (χ4v) is 4.98. The Bertz CT molecular complexity index is 1190. The van der Waals surface area contributed by atoms with Gasteiger partial charge in [0.05, 0.1) is 23.4 Å². The molecule has 2 aliphatic rings. The molecule has 3 aromatic rings. The quantitative estimate of drug-likeness (QED) is 0.294. The lowest BCUT2D eigenvalue weighted by atomic mass is 9.97. The van der Waals surface area contributed by atoms with Crippen molar-refractivity contribution in [2.24, 2.45) is 11.8 Å². The van der Waals surface area contributed by atoms with Crippen molar-refractivity contribution in [1.82, 2.24) is 9.88 Å². The zero-order chi connectivity index (χ0) is 24.9. The highest BCUT2D eigenvalue weighted by atomic mass is 19.1.